The van der Waals surface area contributed by atoms with Crippen molar-refractivity contribution in [3.8, 4) is 0 Å². The minimum Gasteiger partial charge on any atom is -0.460 e. The smallest absolute Gasteiger partial charge is 0.341 e. The van der Waals surface area contributed by atoms with Crippen LogP contribution < -0.4 is 0 Å². The maximum absolute atomic E-state index is 11.8. The number of aliphatic hydroxyl groups is 2. The van der Waals surface area contributed by atoms with Crippen LogP contribution in [0.3, 0.4) is 0 Å². The van der Waals surface area contributed by atoms with Gasteiger partial charge in [-0.05, 0) is 31.1 Å². The lowest BCUT2D eigenvalue weighted by Crippen LogP contribution is -2.50. The van der Waals surface area contributed by atoms with E-state index in [1.165, 1.54) is 0 Å². The first-order valence-electron chi connectivity index (χ1n) is 6.62. The van der Waals surface area contributed by atoms with Gasteiger partial charge in [-0.15, -0.1) is 6.58 Å². The number of fused-ring (bicyclic) bond motifs is 1. The van der Waals surface area contributed by atoms with Crippen molar-refractivity contribution in [2.24, 2.45) is 17.3 Å². The summed E-state index contributed by atoms with van der Waals surface area (Å²) >= 11 is 0. The molecule has 0 aromatic heterocycles. The Balaban J connectivity index is 2.36. The molecule has 4 heteroatoms. The third-order valence-electron chi connectivity index (χ3n) is 4.90. The van der Waals surface area contributed by atoms with Crippen LogP contribution in [0.5, 0.6) is 0 Å². The number of ether oxygens (including phenoxy) is 1. The summed E-state index contributed by atoms with van der Waals surface area (Å²) < 4.78 is 5.27. The normalized spacial score (nSPS) is 45.5. The summed E-state index contributed by atoms with van der Waals surface area (Å²) in [5.74, 6) is -0.961. The average molecular weight is 266 g/mol. The molecule has 0 aromatic rings. The Labute approximate surface area is 113 Å². The van der Waals surface area contributed by atoms with Crippen LogP contribution in [-0.4, -0.2) is 34.5 Å². The topological polar surface area (TPSA) is 66.8 Å². The second-order valence-corrected chi connectivity index (χ2v) is 6.18. The number of hydrogen-bond donors (Lipinski definition) is 2. The minimum absolute atomic E-state index is 0.124. The highest BCUT2D eigenvalue weighted by molar-refractivity contribution is 5.82. The third-order valence-corrected chi connectivity index (χ3v) is 4.90. The molecule has 2 rings (SSSR count). The predicted molar refractivity (Wildman–Crippen MR) is 71.2 cm³/mol. The average Bonchev–Trinajstić information content (AvgIpc) is 2.60. The zero-order valence-electron chi connectivity index (χ0n) is 11.6. The fourth-order valence-corrected chi connectivity index (χ4v) is 3.58. The molecular weight excluding hydrogens is 244 g/mol. The van der Waals surface area contributed by atoms with Crippen LogP contribution in [0.2, 0.25) is 0 Å². The van der Waals surface area contributed by atoms with Gasteiger partial charge < -0.3 is 14.9 Å². The Bertz CT molecular complexity index is 430. The lowest BCUT2D eigenvalue weighted by atomic mass is 9.59. The highest BCUT2D eigenvalue weighted by atomic mass is 16.6. The molecule has 4 nitrogen and oxygen atoms in total. The molecule has 1 heterocycles. The Morgan fingerprint density at radius 3 is 2.74 bits per heavy atom. The van der Waals surface area contributed by atoms with Crippen molar-refractivity contribution in [1.82, 2.24) is 0 Å². The molecule has 1 aliphatic heterocycles. The van der Waals surface area contributed by atoms with Gasteiger partial charge in [-0.3, -0.25) is 0 Å². The van der Waals surface area contributed by atoms with Crippen LogP contribution in [-0.2, 0) is 9.53 Å². The molecule has 0 radical (unpaired) electrons. The van der Waals surface area contributed by atoms with Gasteiger partial charge in [-0.25, -0.2) is 4.79 Å². The number of rotatable bonds is 3. The van der Waals surface area contributed by atoms with E-state index in [-0.39, 0.29) is 23.4 Å². The van der Waals surface area contributed by atoms with Gasteiger partial charge in [0.15, 0.2) is 5.60 Å². The molecular formula is C15H22O4. The molecule has 2 N–H and O–H groups in total. The van der Waals surface area contributed by atoms with E-state index in [0.717, 1.165) is 5.57 Å². The van der Waals surface area contributed by atoms with Gasteiger partial charge >= 0.3 is 5.97 Å². The maximum atomic E-state index is 11.8. The van der Waals surface area contributed by atoms with Gasteiger partial charge in [0, 0.05) is 5.92 Å². The Hall–Kier alpha value is -1.13. The van der Waals surface area contributed by atoms with Crippen LogP contribution in [0.4, 0.5) is 0 Å². The molecule has 0 aromatic carbocycles. The molecule has 5 unspecified atom stereocenters. The van der Waals surface area contributed by atoms with Crippen LogP contribution in [0, 0.1) is 17.3 Å². The largest absolute Gasteiger partial charge is 0.460 e. The SMILES string of the molecule is C=CC1(C)CC2OC(=O)C(O)(CO)C2CC1C(=C)C. The van der Waals surface area contributed by atoms with Crippen molar-refractivity contribution in [3.05, 3.63) is 24.8 Å². The number of carbonyl (C=O) groups excluding carboxylic acids is 1. The number of carbonyl (C=O) groups is 1. The summed E-state index contributed by atoms with van der Waals surface area (Å²) in [5.41, 5.74) is -0.963. The van der Waals surface area contributed by atoms with E-state index in [9.17, 15) is 15.0 Å². The maximum Gasteiger partial charge on any atom is 0.341 e. The summed E-state index contributed by atoms with van der Waals surface area (Å²) in [6.45, 7) is 11.3. The van der Waals surface area contributed by atoms with Gasteiger partial charge in [0.2, 0.25) is 0 Å². The van der Waals surface area contributed by atoms with Gasteiger partial charge in [-0.2, -0.15) is 0 Å². The van der Waals surface area contributed by atoms with E-state index in [2.05, 4.69) is 20.1 Å². The number of hydrogen-bond acceptors (Lipinski definition) is 4. The van der Waals surface area contributed by atoms with Gasteiger partial charge in [0.1, 0.15) is 6.10 Å². The molecule has 1 aliphatic carbocycles. The lowest BCUT2D eigenvalue weighted by Gasteiger charge is -2.45. The summed E-state index contributed by atoms with van der Waals surface area (Å²) in [7, 11) is 0. The van der Waals surface area contributed by atoms with Crippen molar-refractivity contribution < 1.29 is 19.7 Å². The number of esters is 1. The first kappa shape index (κ1) is 14.3. The highest BCUT2D eigenvalue weighted by Gasteiger charge is 2.61. The van der Waals surface area contributed by atoms with Gasteiger partial charge in [0.05, 0.1) is 6.61 Å². The molecule has 0 amide bonds. The summed E-state index contributed by atoms with van der Waals surface area (Å²) in [6.07, 6.45) is 2.70. The molecule has 0 spiro atoms. The van der Waals surface area contributed by atoms with Crippen molar-refractivity contribution in [3.63, 3.8) is 0 Å². The van der Waals surface area contributed by atoms with Crippen LogP contribution >= 0.6 is 0 Å². The summed E-state index contributed by atoms with van der Waals surface area (Å²) in [4.78, 5) is 11.8. The van der Waals surface area contributed by atoms with E-state index in [1.54, 1.807) is 0 Å². The monoisotopic (exact) mass is 266 g/mol. The summed E-state index contributed by atoms with van der Waals surface area (Å²) in [6, 6.07) is 0. The molecule has 1 saturated heterocycles. The molecule has 2 aliphatic rings. The van der Waals surface area contributed by atoms with E-state index in [0.29, 0.717) is 12.8 Å². The summed E-state index contributed by atoms with van der Waals surface area (Å²) in [5, 5.41) is 19.7. The number of allylic oxidation sites excluding steroid dienone is 2. The quantitative estimate of drug-likeness (QED) is 0.599. The highest BCUT2D eigenvalue weighted by Crippen LogP contribution is 2.53. The fourth-order valence-electron chi connectivity index (χ4n) is 3.58. The third kappa shape index (κ3) is 1.94. The Morgan fingerprint density at radius 1 is 1.63 bits per heavy atom. The minimum atomic E-state index is -1.76. The second kappa shape index (κ2) is 4.46. The second-order valence-electron chi connectivity index (χ2n) is 6.18. The molecule has 106 valence electrons. The predicted octanol–water partition coefficient (Wildman–Crippen LogP) is 1.43. The molecule has 5 atom stereocenters. The molecule has 0 bridgehead atoms. The molecule has 19 heavy (non-hydrogen) atoms. The zero-order valence-corrected chi connectivity index (χ0v) is 11.6. The first-order chi connectivity index (χ1) is 8.78. The lowest BCUT2D eigenvalue weighted by molar-refractivity contribution is -0.159. The van der Waals surface area contributed by atoms with Crippen molar-refractivity contribution in [1.29, 1.82) is 0 Å². The van der Waals surface area contributed by atoms with Crippen molar-refractivity contribution >= 4 is 5.97 Å². The number of aliphatic hydroxyl groups excluding tert-OH is 1. The van der Waals surface area contributed by atoms with Gasteiger partial charge in [0.25, 0.3) is 0 Å². The van der Waals surface area contributed by atoms with E-state index in [4.69, 9.17) is 4.74 Å². The van der Waals surface area contributed by atoms with E-state index < -0.39 is 18.2 Å². The van der Waals surface area contributed by atoms with Crippen LogP contribution in [0.1, 0.15) is 26.7 Å². The van der Waals surface area contributed by atoms with Crippen LogP contribution in [0.25, 0.3) is 0 Å². The van der Waals surface area contributed by atoms with E-state index >= 15 is 0 Å². The first-order valence-corrected chi connectivity index (χ1v) is 6.62. The van der Waals surface area contributed by atoms with E-state index in [1.807, 2.05) is 13.0 Å². The Kier molecular flexibility index (Phi) is 3.35. The Morgan fingerprint density at radius 2 is 2.26 bits per heavy atom. The fraction of sp³-hybridized carbons (Fsp3) is 0.667. The van der Waals surface area contributed by atoms with Crippen molar-refractivity contribution in [2.45, 2.75) is 38.4 Å². The molecule has 1 saturated carbocycles. The molecule has 2 fully saturated rings. The standard InChI is InChI=1S/C15H22O4/c1-5-14(4)7-12-11(6-10(14)9(2)3)15(18,8-16)13(17)19-12/h5,10-12,16,18H,1-2,6-8H2,3-4H3. The zero-order chi connectivity index (χ0) is 14.4. The van der Waals surface area contributed by atoms with Crippen LogP contribution in [0.15, 0.2) is 24.8 Å². The van der Waals surface area contributed by atoms with Crippen molar-refractivity contribution in [2.75, 3.05) is 6.61 Å². The van der Waals surface area contributed by atoms with Gasteiger partial charge in [-0.1, -0.05) is 25.2 Å².